The summed E-state index contributed by atoms with van der Waals surface area (Å²) in [5.74, 6) is 1.87. The second-order valence-electron chi connectivity index (χ2n) is 6.67. The van der Waals surface area contributed by atoms with Crippen molar-refractivity contribution < 1.29 is 23.1 Å². The molecule has 0 unspecified atom stereocenters. The Morgan fingerprint density at radius 1 is 1.13 bits per heavy atom. The molecule has 0 N–H and O–H groups in total. The van der Waals surface area contributed by atoms with E-state index >= 15 is 0 Å². The molecule has 156 valence electrons. The van der Waals surface area contributed by atoms with Gasteiger partial charge in [0.2, 0.25) is 5.91 Å². The van der Waals surface area contributed by atoms with Gasteiger partial charge >= 0.3 is 0 Å². The van der Waals surface area contributed by atoms with Crippen molar-refractivity contribution in [2.45, 2.75) is 18.7 Å². The van der Waals surface area contributed by atoms with Crippen LogP contribution >= 0.6 is 11.8 Å². The number of hydrogen-bond acceptors (Lipinski definition) is 6. The summed E-state index contributed by atoms with van der Waals surface area (Å²) in [4.78, 5) is 18.7. The van der Waals surface area contributed by atoms with E-state index in [-0.39, 0.29) is 17.5 Å². The molecule has 0 spiro atoms. The van der Waals surface area contributed by atoms with Crippen molar-refractivity contribution >= 4 is 17.7 Å². The maximum Gasteiger partial charge on any atom is 0.256 e. The highest BCUT2D eigenvalue weighted by Gasteiger charge is 2.17. The molecule has 0 saturated carbocycles. The number of nitrogens with zero attached hydrogens (tertiary/aromatic N) is 2. The van der Waals surface area contributed by atoms with Gasteiger partial charge in [-0.15, -0.1) is 0 Å². The van der Waals surface area contributed by atoms with Gasteiger partial charge in [0.05, 0.1) is 11.9 Å². The number of fused-ring (bicyclic) bond motifs is 1. The smallest absolute Gasteiger partial charge is 0.256 e. The van der Waals surface area contributed by atoms with E-state index in [1.165, 1.54) is 23.9 Å². The standard InChI is InChI=1S/C22H21FN2O4S/c1-2-25(13-15-3-8-18-19(11-15)28-10-9-27-18)21(26)14-30-22-24-12-20(29-22)16-4-6-17(23)7-5-16/h3-8,11-12H,2,9-10,13-14H2,1H3. The first-order valence-corrected chi connectivity index (χ1v) is 10.6. The zero-order chi connectivity index (χ0) is 20.9. The Morgan fingerprint density at radius 2 is 1.90 bits per heavy atom. The SMILES string of the molecule is CCN(Cc1ccc2c(c1)OCCO2)C(=O)CSc1ncc(-c2ccc(F)cc2)o1. The van der Waals surface area contributed by atoms with Crippen molar-refractivity contribution in [3.8, 4) is 22.8 Å². The van der Waals surface area contributed by atoms with Gasteiger partial charge in [0.15, 0.2) is 17.3 Å². The predicted molar refractivity (Wildman–Crippen MR) is 111 cm³/mol. The molecule has 30 heavy (non-hydrogen) atoms. The fourth-order valence-corrected chi connectivity index (χ4v) is 3.78. The summed E-state index contributed by atoms with van der Waals surface area (Å²) >= 11 is 1.24. The number of halogens is 1. The molecule has 1 aliphatic rings. The predicted octanol–water partition coefficient (Wildman–Crippen LogP) is 4.39. The summed E-state index contributed by atoms with van der Waals surface area (Å²) < 4.78 is 29.9. The van der Waals surface area contributed by atoms with Crippen LogP contribution in [0.1, 0.15) is 12.5 Å². The van der Waals surface area contributed by atoms with Gasteiger partial charge in [-0.05, 0) is 48.9 Å². The first kappa shape index (κ1) is 20.3. The second kappa shape index (κ2) is 9.21. The largest absolute Gasteiger partial charge is 0.486 e. The number of thioether (sulfide) groups is 1. The van der Waals surface area contributed by atoms with Gasteiger partial charge in [-0.2, -0.15) is 0 Å². The molecule has 0 aliphatic carbocycles. The Bertz CT molecular complexity index is 1020. The van der Waals surface area contributed by atoms with E-state index in [2.05, 4.69) is 4.98 Å². The molecule has 3 aromatic rings. The van der Waals surface area contributed by atoms with E-state index < -0.39 is 0 Å². The van der Waals surface area contributed by atoms with E-state index in [1.807, 2.05) is 25.1 Å². The first-order chi connectivity index (χ1) is 14.6. The second-order valence-corrected chi connectivity index (χ2v) is 7.60. The van der Waals surface area contributed by atoms with Crippen LogP contribution in [-0.4, -0.2) is 41.3 Å². The number of carbonyl (C=O) groups excluding carboxylic acids is 1. The minimum absolute atomic E-state index is 0.0149. The van der Waals surface area contributed by atoms with Crippen molar-refractivity contribution in [2.24, 2.45) is 0 Å². The van der Waals surface area contributed by atoms with Gasteiger partial charge in [0, 0.05) is 18.7 Å². The van der Waals surface area contributed by atoms with E-state index in [9.17, 15) is 9.18 Å². The van der Waals surface area contributed by atoms with Gasteiger partial charge in [0.1, 0.15) is 19.0 Å². The molecule has 0 fully saturated rings. The third-order valence-electron chi connectivity index (χ3n) is 4.65. The van der Waals surface area contributed by atoms with Crippen LogP contribution in [0, 0.1) is 5.82 Å². The van der Waals surface area contributed by atoms with Crippen molar-refractivity contribution in [1.29, 1.82) is 0 Å². The number of aromatic nitrogens is 1. The van der Waals surface area contributed by atoms with Crippen LogP contribution in [0.4, 0.5) is 4.39 Å². The maximum absolute atomic E-state index is 13.1. The molecule has 1 aliphatic heterocycles. The summed E-state index contributed by atoms with van der Waals surface area (Å²) in [5.41, 5.74) is 1.71. The lowest BCUT2D eigenvalue weighted by atomic mass is 10.2. The highest BCUT2D eigenvalue weighted by molar-refractivity contribution is 7.99. The van der Waals surface area contributed by atoms with Crippen LogP contribution in [0.2, 0.25) is 0 Å². The lowest BCUT2D eigenvalue weighted by Crippen LogP contribution is -2.31. The fraction of sp³-hybridized carbons (Fsp3) is 0.273. The van der Waals surface area contributed by atoms with E-state index in [0.717, 1.165) is 16.9 Å². The highest BCUT2D eigenvalue weighted by atomic mass is 32.2. The molecule has 0 saturated heterocycles. The molecule has 1 amide bonds. The topological polar surface area (TPSA) is 64.8 Å². The number of hydrogen-bond donors (Lipinski definition) is 0. The molecule has 1 aromatic heterocycles. The molecular weight excluding hydrogens is 407 g/mol. The number of benzene rings is 2. The monoisotopic (exact) mass is 428 g/mol. The average molecular weight is 428 g/mol. The maximum atomic E-state index is 13.1. The zero-order valence-corrected chi connectivity index (χ0v) is 17.3. The molecule has 4 rings (SSSR count). The molecule has 8 heteroatoms. The molecule has 2 aromatic carbocycles. The van der Waals surface area contributed by atoms with Crippen molar-refractivity contribution in [3.63, 3.8) is 0 Å². The van der Waals surface area contributed by atoms with Crippen LogP contribution in [-0.2, 0) is 11.3 Å². The Morgan fingerprint density at radius 3 is 2.67 bits per heavy atom. The van der Waals surface area contributed by atoms with Crippen LogP contribution in [0.3, 0.4) is 0 Å². The van der Waals surface area contributed by atoms with E-state index in [4.69, 9.17) is 13.9 Å². The zero-order valence-electron chi connectivity index (χ0n) is 16.5. The number of amides is 1. The normalized spacial score (nSPS) is 12.6. The molecule has 0 radical (unpaired) electrons. The first-order valence-electron chi connectivity index (χ1n) is 9.63. The van der Waals surface area contributed by atoms with E-state index in [0.29, 0.717) is 43.0 Å². The Kier molecular flexibility index (Phi) is 6.23. The Labute approximate surface area is 178 Å². The van der Waals surface area contributed by atoms with Crippen LogP contribution in [0.25, 0.3) is 11.3 Å². The lowest BCUT2D eigenvalue weighted by molar-refractivity contribution is -0.128. The molecule has 2 heterocycles. The van der Waals surface area contributed by atoms with Crippen LogP contribution in [0.15, 0.2) is 58.3 Å². The van der Waals surface area contributed by atoms with Crippen molar-refractivity contribution in [2.75, 3.05) is 25.5 Å². The lowest BCUT2D eigenvalue weighted by Gasteiger charge is -2.23. The van der Waals surface area contributed by atoms with Gasteiger partial charge in [-0.25, -0.2) is 9.37 Å². The molecule has 6 nitrogen and oxygen atoms in total. The summed E-state index contributed by atoms with van der Waals surface area (Å²) in [7, 11) is 0. The quantitative estimate of drug-likeness (QED) is 0.520. The number of rotatable bonds is 7. The third-order valence-corrected chi connectivity index (χ3v) is 5.47. The van der Waals surface area contributed by atoms with Crippen molar-refractivity contribution in [1.82, 2.24) is 9.88 Å². The van der Waals surface area contributed by atoms with Gasteiger partial charge in [-0.3, -0.25) is 4.79 Å². The summed E-state index contributed by atoms with van der Waals surface area (Å²) in [6, 6.07) is 11.7. The minimum Gasteiger partial charge on any atom is -0.486 e. The van der Waals surface area contributed by atoms with E-state index in [1.54, 1.807) is 23.2 Å². The highest BCUT2D eigenvalue weighted by Crippen LogP contribution is 2.31. The minimum atomic E-state index is -0.309. The van der Waals surface area contributed by atoms with Crippen molar-refractivity contribution in [3.05, 3.63) is 60.0 Å². The average Bonchev–Trinajstić information content (AvgIpc) is 3.25. The summed E-state index contributed by atoms with van der Waals surface area (Å²) in [5, 5.41) is 0.401. The number of ether oxygens (including phenoxy) is 2. The number of oxazole rings is 1. The van der Waals surface area contributed by atoms with Gasteiger partial charge < -0.3 is 18.8 Å². The number of carbonyl (C=O) groups is 1. The molecular formula is C22H21FN2O4S. The molecule has 0 bridgehead atoms. The van der Waals surface area contributed by atoms with Gasteiger partial charge in [0.25, 0.3) is 5.22 Å². The summed E-state index contributed by atoms with van der Waals surface area (Å²) in [6.45, 7) is 4.09. The third kappa shape index (κ3) is 4.76. The van der Waals surface area contributed by atoms with Gasteiger partial charge in [-0.1, -0.05) is 17.8 Å². The summed E-state index contributed by atoms with van der Waals surface area (Å²) in [6.07, 6.45) is 1.58. The Balaban J connectivity index is 1.35. The van der Waals surface area contributed by atoms with Crippen LogP contribution < -0.4 is 9.47 Å². The van der Waals surface area contributed by atoms with Crippen LogP contribution in [0.5, 0.6) is 11.5 Å². The molecule has 0 atom stereocenters. The fourth-order valence-electron chi connectivity index (χ4n) is 3.07. The Hall–Kier alpha value is -3.00.